The Balaban J connectivity index is 2.12. The Morgan fingerprint density at radius 1 is 1.04 bits per heavy atom. The minimum atomic E-state index is -1.66. The third-order valence-electron chi connectivity index (χ3n) is 4.31. The third-order valence-corrected chi connectivity index (χ3v) is 4.31. The van der Waals surface area contributed by atoms with Crippen molar-refractivity contribution in [3.05, 3.63) is 0 Å². The molecule has 1 amide bonds. The molecule has 2 rings (SSSR count). The van der Waals surface area contributed by atoms with Gasteiger partial charge in [-0.25, -0.2) is 0 Å². The molecule has 0 bridgehead atoms. The Hall–Kier alpha value is -0.890. The molecule has 146 valence electrons. The summed E-state index contributed by atoms with van der Waals surface area (Å²) in [5.41, 5.74) is 0. The van der Waals surface area contributed by atoms with Gasteiger partial charge in [0, 0.05) is 6.92 Å². The van der Waals surface area contributed by atoms with Gasteiger partial charge in [0.05, 0.1) is 25.9 Å². The maximum atomic E-state index is 11.2. The summed E-state index contributed by atoms with van der Waals surface area (Å²) in [6, 6.07) is -0.810. The van der Waals surface area contributed by atoms with Crippen LogP contribution in [0.5, 0.6) is 0 Å². The van der Waals surface area contributed by atoms with Crippen LogP contribution in [-0.4, -0.2) is 111 Å². The van der Waals surface area contributed by atoms with E-state index in [9.17, 15) is 35.4 Å². The lowest BCUT2D eigenvalue weighted by Gasteiger charge is -2.45. The normalized spacial score (nSPS) is 45.2. The number of nitrogens with one attached hydrogen (secondary N) is 1. The fourth-order valence-corrected chi connectivity index (χ4v) is 2.92. The van der Waals surface area contributed by atoms with Gasteiger partial charge in [0.15, 0.2) is 6.29 Å². The molecule has 7 N–H and O–H groups in total. The van der Waals surface area contributed by atoms with E-state index in [0.717, 1.165) is 0 Å². The van der Waals surface area contributed by atoms with Crippen molar-refractivity contribution in [1.29, 1.82) is 0 Å². The SMILES string of the molecule is CC(=O)NC1COC(CO)[C@@H](O[C@@H]2OC(CO)[C@H](O)[C@@H](O)C2O)[C@H]1O. The van der Waals surface area contributed by atoms with Gasteiger partial charge in [-0.2, -0.15) is 0 Å². The van der Waals surface area contributed by atoms with Crippen molar-refractivity contribution in [2.45, 2.75) is 62.0 Å². The maximum absolute atomic E-state index is 11.2. The molecular weight excluding hydrogens is 342 g/mol. The van der Waals surface area contributed by atoms with Gasteiger partial charge >= 0.3 is 0 Å². The summed E-state index contributed by atoms with van der Waals surface area (Å²) < 4.78 is 16.1. The predicted molar refractivity (Wildman–Crippen MR) is 79.1 cm³/mol. The first kappa shape index (κ1) is 20.4. The van der Waals surface area contributed by atoms with Crippen LogP contribution in [0.15, 0.2) is 0 Å². The number of rotatable bonds is 5. The van der Waals surface area contributed by atoms with Crippen molar-refractivity contribution in [3.8, 4) is 0 Å². The number of hydrogen-bond donors (Lipinski definition) is 7. The summed E-state index contributed by atoms with van der Waals surface area (Å²) in [5, 5.41) is 61.0. The van der Waals surface area contributed by atoms with E-state index in [-0.39, 0.29) is 6.61 Å². The highest BCUT2D eigenvalue weighted by molar-refractivity contribution is 5.73. The van der Waals surface area contributed by atoms with Gasteiger partial charge in [0.1, 0.15) is 42.7 Å². The Morgan fingerprint density at radius 2 is 1.68 bits per heavy atom. The van der Waals surface area contributed by atoms with Crippen LogP contribution in [0.3, 0.4) is 0 Å². The second-order valence-corrected chi connectivity index (χ2v) is 6.15. The van der Waals surface area contributed by atoms with Crippen LogP contribution >= 0.6 is 0 Å². The first-order valence-corrected chi connectivity index (χ1v) is 7.93. The van der Waals surface area contributed by atoms with E-state index < -0.39 is 74.2 Å². The van der Waals surface area contributed by atoms with Crippen molar-refractivity contribution < 1.29 is 49.6 Å². The van der Waals surface area contributed by atoms with Crippen molar-refractivity contribution in [3.63, 3.8) is 0 Å². The number of aliphatic hydroxyl groups is 6. The Bertz CT molecular complexity index is 449. The Kier molecular flexibility index (Phi) is 7.08. The van der Waals surface area contributed by atoms with Crippen LogP contribution in [0.4, 0.5) is 0 Å². The van der Waals surface area contributed by atoms with Crippen molar-refractivity contribution in [2.24, 2.45) is 0 Å². The highest BCUT2D eigenvalue weighted by Gasteiger charge is 2.48. The number of carbonyl (C=O) groups excluding carboxylic acids is 1. The number of amides is 1. The first-order valence-electron chi connectivity index (χ1n) is 7.93. The molecule has 4 unspecified atom stereocenters. The van der Waals surface area contributed by atoms with Gasteiger partial charge in [-0.3, -0.25) is 4.79 Å². The summed E-state index contributed by atoms with van der Waals surface area (Å²) >= 11 is 0. The van der Waals surface area contributed by atoms with Crippen LogP contribution in [0, 0.1) is 0 Å². The molecule has 2 aliphatic heterocycles. The van der Waals surface area contributed by atoms with Crippen molar-refractivity contribution in [1.82, 2.24) is 5.32 Å². The summed E-state index contributed by atoms with van der Waals surface area (Å²) in [7, 11) is 0. The molecule has 0 aromatic carbocycles. The predicted octanol–water partition coefficient (Wildman–Crippen LogP) is -4.57. The summed E-state index contributed by atoms with van der Waals surface area (Å²) in [4.78, 5) is 11.2. The molecule has 2 aliphatic rings. The lowest BCUT2D eigenvalue weighted by molar-refractivity contribution is -0.332. The smallest absolute Gasteiger partial charge is 0.217 e. The van der Waals surface area contributed by atoms with E-state index in [1.165, 1.54) is 6.92 Å². The highest BCUT2D eigenvalue weighted by atomic mass is 16.7. The van der Waals surface area contributed by atoms with Gasteiger partial charge in [0.25, 0.3) is 0 Å². The highest BCUT2D eigenvalue weighted by Crippen LogP contribution is 2.27. The lowest BCUT2D eigenvalue weighted by atomic mass is 9.96. The molecule has 9 atom stereocenters. The molecule has 25 heavy (non-hydrogen) atoms. The van der Waals surface area contributed by atoms with E-state index in [4.69, 9.17) is 14.2 Å². The number of aliphatic hydroxyl groups excluding tert-OH is 6. The van der Waals surface area contributed by atoms with Gasteiger partial charge in [0.2, 0.25) is 5.91 Å². The van der Waals surface area contributed by atoms with Crippen molar-refractivity contribution >= 4 is 5.91 Å². The first-order chi connectivity index (χ1) is 11.8. The van der Waals surface area contributed by atoms with E-state index in [1.54, 1.807) is 0 Å². The molecule has 2 fully saturated rings. The molecule has 11 heteroatoms. The standard InChI is InChI=1S/C14H25NO10/c1-5(18)15-6-4-23-8(3-17)13(9(6)19)25-14-12(22)11(21)10(20)7(2-16)24-14/h6-14,16-17,19-22H,2-4H2,1H3,(H,15,18)/t6?,7?,8?,9-,10-,11+,12?,13+,14-/m0/s1. The molecule has 11 nitrogen and oxygen atoms in total. The molecule has 2 heterocycles. The van der Waals surface area contributed by atoms with Gasteiger partial charge in [-0.05, 0) is 0 Å². The van der Waals surface area contributed by atoms with Crippen LogP contribution in [0.2, 0.25) is 0 Å². The van der Waals surface area contributed by atoms with Crippen molar-refractivity contribution in [2.75, 3.05) is 19.8 Å². The fourth-order valence-electron chi connectivity index (χ4n) is 2.92. The summed E-state index contributed by atoms with van der Waals surface area (Å²) in [6.07, 6.45) is -11.0. The van der Waals surface area contributed by atoms with E-state index in [0.29, 0.717) is 0 Å². The van der Waals surface area contributed by atoms with E-state index in [2.05, 4.69) is 5.32 Å². The molecule has 0 aromatic heterocycles. The average Bonchev–Trinajstić information content (AvgIpc) is 2.58. The molecule has 0 saturated carbocycles. The van der Waals surface area contributed by atoms with Crippen LogP contribution < -0.4 is 5.32 Å². The Labute approximate surface area is 143 Å². The third kappa shape index (κ3) is 4.45. The number of ether oxygens (including phenoxy) is 3. The maximum Gasteiger partial charge on any atom is 0.217 e. The zero-order chi connectivity index (χ0) is 18.7. The number of hydrogen-bond acceptors (Lipinski definition) is 10. The topological polar surface area (TPSA) is 178 Å². The van der Waals surface area contributed by atoms with Crippen LogP contribution in [0.1, 0.15) is 6.92 Å². The molecule has 2 saturated heterocycles. The summed E-state index contributed by atoms with van der Waals surface area (Å²) in [5.74, 6) is -0.401. The molecule has 0 spiro atoms. The minimum Gasteiger partial charge on any atom is -0.394 e. The largest absolute Gasteiger partial charge is 0.394 e. The molecule has 0 radical (unpaired) electrons. The molecule has 0 aromatic rings. The minimum absolute atomic E-state index is 0.0550. The second-order valence-electron chi connectivity index (χ2n) is 6.15. The quantitative estimate of drug-likeness (QED) is 0.250. The molecule has 0 aliphatic carbocycles. The lowest BCUT2D eigenvalue weighted by Crippen LogP contribution is -2.64. The Morgan fingerprint density at radius 3 is 2.24 bits per heavy atom. The fraction of sp³-hybridized carbons (Fsp3) is 0.929. The zero-order valence-electron chi connectivity index (χ0n) is 13.6. The molecular formula is C14H25NO10. The van der Waals surface area contributed by atoms with Crippen LogP contribution in [0.25, 0.3) is 0 Å². The van der Waals surface area contributed by atoms with E-state index in [1.807, 2.05) is 0 Å². The van der Waals surface area contributed by atoms with Gasteiger partial charge in [-0.1, -0.05) is 0 Å². The summed E-state index contributed by atoms with van der Waals surface area (Å²) in [6.45, 7) is 0.0667. The number of carbonyl (C=O) groups is 1. The van der Waals surface area contributed by atoms with Crippen LogP contribution in [-0.2, 0) is 19.0 Å². The average molecular weight is 367 g/mol. The zero-order valence-corrected chi connectivity index (χ0v) is 13.6. The van der Waals surface area contributed by atoms with E-state index >= 15 is 0 Å². The monoisotopic (exact) mass is 367 g/mol. The van der Waals surface area contributed by atoms with Gasteiger partial charge < -0.3 is 50.2 Å². The second kappa shape index (κ2) is 8.66. The van der Waals surface area contributed by atoms with Gasteiger partial charge in [-0.15, -0.1) is 0 Å².